The number of para-hydroxylation sites is 1. The molecule has 0 atom stereocenters. The summed E-state index contributed by atoms with van der Waals surface area (Å²) in [5.41, 5.74) is 3.55. The molecule has 2 N–H and O–H groups in total. The highest BCUT2D eigenvalue weighted by Gasteiger charge is 2.09. The van der Waals surface area contributed by atoms with E-state index in [1.165, 1.54) is 0 Å². The van der Waals surface area contributed by atoms with E-state index >= 15 is 0 Å². The van der Waals surface area contributed by atoms with E-state index in [-0.39, 0.29) is 6.61 Å². The van der Waals surface area contributed by atoms with Gasteiger partial charge in [0.1, 0.15) is 5.75 Å². The first kappa shape index (κ1) is 17.0. The van der Waals surface area contributed by atoms with E-state index in [0.29, 0.717) is 24.8 Å². The molecule has 1 heterocycles. The van der Waals surface area contributed by atoms with Gasteiger partial charge in [0.15, 0.2) is 0 Å². The standard InChI is InChI=1S/C20H22N2O3/c1-3-25-19-9-8-17(11-16(19)13-23)21-12-15-10-14-6-4-5-7-18(14)22-20(15)24-2/h4-11,21,23H,3,12-13H2,1-2H3. The Morgan fingerprint density at radius 2 is 1.92 bits per heavy atom. The first-order valence-electron chi connectivity index (χ1n) is 8.28. The average molecular weight is 338 g/mol. The maximum Gasteiger partial charge on any atom is 0.218 e. The fraction of sp³-hybridized carbons (Fsp3) is 0.250. The smallest absolute Gasteiger partial charge is 0.218 e. The third-order valence-corrected chi connectivity index (χ3v) is 3.97. The minimum atomic E-state index is -0.0638. The fourth-order valence-electron chi connectivity index (χ4n) is 2.75. The SMILES string of the molecule is CCOc1ccc(NCc2cc3ccccc3nc2OC)cc1CO. The highest BCUT2D eigenvalue weighted by Crippen LogP contribution is 2.26. The molecule has 3 rings (SSSR count). The molecule has 0 aliphatic rings. The number of aromatic nitrogens is 1. The zero-order valence-corrected chi connectivity index (χ0v) is 14.5. The Morgan fingerprint density at radius 1 is 1.08 bits per heavy atom. The minimum Gasteiger partial charge on any atom is -0.494 e. The van der Waals surface area contributed by atoms with Gasteiger partial charge in [-0.2, -0.15) is 0 Å². The van der Waals surface area contributed by atoms with Crippen LogP contribution in [-0.4, -0.2) is 23.8 Å². The van der Waals surface area contributed by atoms with Gasteiger partial charge in [0.05, 0.1) is 25.8 Å². The van der Waals surface area contributed by atoms with Crippen LogP contribution in [0, 0.1) is 0 Å². The van der Waals surface area contributed by atoms with E-state index in [4.69, 9.17) is 9.47 Å². The molecule has 5 nitrogen and oxygen atoms in total. The van der Waals surface area contributed by atoms with Crippen molar-refractivity contribution in [3.63, 3.8) is 0 Å². The molecular weight excluding hydrogens is 316 g/mol. The van der Waals surface area contributed by atoms with E-state index in [2.05, 4.69) is 16.4 Å². The lowest BCUT2D eigenvalue weighted by atomic mass is 10.1. The molecule has 0 bridgehead atoms. The largest absolute Gasteiger partial charge is 0.494 e. The molecular formula is C20H22N2O3. The maximum atomic E-state index is 9.52. The van der Waals surface area contributed by atoms with Crippen LogP contribution in [0.4, 0.5) is 5.69 Å². The quantitative estimate of drug-likeness (QED) is 0.687. The van der Waals surface area contributed by atoms with Crippen molar-refractivity contribution in [2.75, 3.05) is 19.0 Å². The number of anilines is 1. The lowest BCUT2D eigenvalue weighted by Gasteiger charge is -2.14. The predicted molar refractivity (Wildman–Crippen MR) is 99.2 cm³/mol. The molecule has 0 unspecified atom stereocenters. The molecule has 5 heteroatoms. The summed E-state index contributed by atoms with van der Waals surface area (Å²) < 4.78 is 10.9. The molecule has 2 aromatic carbocycles. The molecule has 3 aromatic rings. The van der Waals surface area contributed by atoms with Gasteiger partial charge in [-0.05, 0) is 37.3 Å². The summed E-state index contributed by atoms with van der Waals surface area (Å²) >= 11 is 0. The van der Waals surface area contributed by atoms with Crippen LogP contribution >= 0.6 is 0 Å². The third kappa shape index (κ3) is 3.83. The molecule has 0 radical (unpaired) electrons. The Kier molecular flexibility index (Phi) is 5.36. The topological polar surface area (TPSA) is 63.6 Å². The van der Waals surface area contributed by atoms with Crippen molar-refractivity contribution in [2.24, 2.45) is 0 Å². The van der Waals surface area contributed by atoms with Crippen LogP contribution in [0.3, 0.4) is 0 Å². The Balaban J connectivity index is 1.82. The van der Waals surface area contributed by atoms with Crippen LogP contribution in [0.25, 0.3) is 10.9 Å². The lowest BCUT2D eigenvalue weighted by molar-refractivity contribution is 0.267. The van der Waals surface area contributed by atoms with Gasteiger partial charge in [0.25, 0.3) is 0 Å². The van der Waals surface area contributed by atoms with Crippen LogP contribution in [0.15, 0.2) is 48.5 Å². The van der Waals surface area contributed by atoms with E-state index in [0.717, 1.165) is 27.7 Å². The Bertz CT molecular complexity index is 865. The molecule has 25 heavy (non-hydrogen) atoms. The van der Waals surface area contributed by atoms with Crippen molar-refractivity contribution in [3.05, 3.63) is 59.7 Å². The number of rotatable bonds is 7. The summed E-state index contributed by atoms with van der Waals surface area (Å²) in [4.78, 5) is 4.56. The van der Waals surface area contributed by atoms with Crippen LogP contribution in [-0.2, 0) is 13.2 Å². The number of ether oxygens (including phenoxy) is 2. The first-order valence-corrected chi connectivity index (χ1v) is 8.28. The Morgan fingerprint density at radius 3 is 2.68 bits per heavy atom. The van der Waals surface area contributed by atoms with Crippen LogP contribution in [0.5, 0.6) is 11.6 Å². The highest BCUT2D eigenvalue weighted by atomic mass is 16.5. The summed E-state index contributed by atoms with van der Waals surface area (Å²) in [6, 6.07) is 15.7. The maximum absolute atomic E-state index is 9.52. The van der Waals surface area contributed by atoms with Crippen molar-refractivity contribution < 1.29 is 14.6 Å². The van der Waals surface area contributed by atoms with Crippen LogP contribution in [0.2, 0.25) is 0 Å². The van der Waals surface area contributed by atoms with Crippen molar-refractivity contribution in [1.82, 2.24) is 4.98 Å². The van der Waals surface area contributed by atoms with E-state index in [1.807, 2.05) is 49.4 Å². The number of fused-ring (bicyclic) bond motifs is 1. The average Bonchev–Trinajstić information content (AvgIpc) is 2.66. The van der Waals surface area contributed by atoms with Gasteiger partial charge < -0.3 is 19.9 Å². The second-order valence-corrected chi connectivity index (χ2v) is 5.62. The number of pyridine rings is 1. The fourth-order valence-corrected chi connectivity index (χ4v) is 2.75. The van der Waals surface area contributed by atoms with E-state index in [1.54, 1.807) is 7.11 Å². The zero-order valence-electron chi connectivity index (χ0n) is 14.5. The third-order valence-electron chi connectivity index (χ3n) is 3.97. The molecule has 0 saturated heterocycles. The number of methoxy groups -OCH3 is 1. The first-order chi connectivity index (χ1) is 12.2. The van der Waals surface area contributed by atoms with Gasteiger partial charge in [0.2, 0.25) is 5.88 Å². The van der Waals surface area contributed by atoms with E-state index < -0.39 is 0 Å². The van der Waals surface area contributed by atoms with Gasteiger partial charge in [-0.25, -0.2) is 4.98 Å². The minimum absolute atomic E-state index is 0.0638. The highest BCUT2D eigenvalue weighted by molar-refractivity contribution is 5.80. The number of hydrogen-bond acceptors (Lipinski definition) is 5. The summed E-state index contributed by atoms with van der Waals surface area (Å²) in [6.45, 7) is 3.00. The lowest BCUT2D eigenvalue weighted by Crippen LogP contribution is -2.04. The monoisotopic (exact) mass is 338 g/mol. The normalized spacial score (nSPS) is 10.7. The van der Waals surface area contributed by atoms with Gasteiger partial charge >= 0.3 is 0 Å². The van der Waals surface area contributed by atoms with Gasteiger partial charge in [-0.3, -0.25) is 0 Å². The van der Waals surface area contributed by atoms with Crippen molar-refractivity contribution >= 4 is 16.6 Å². The van der Waals surface area contributed by atoms with Crippen molar-refractivity contribution in [3.8, 4) is 11.6 Å². The summed E-state index contributed by atoms with van der Waals surface area (Å²) in [5, 5.41) is 13.9. The van der Waals surface area contributed by atoms with Crippen LogP contribution in [0.1, 0.15) is 18.1 Å². The Hall–Kier alpha value is -2.79. The number of aliphatic hydroxyl groups is 1. The Labute approximate surface area is 147 Å². The van der Waals surface area contributed by atoms with Crippen molar-refractivity contribution in [2.45, 2.75) is 20.1 Å². The molecule has 0 fully saturated rings. The predicted octanol–water partition coefficient (Wildman–Crippen LogP) is 3.75. The van der Waals surface area contributed by atoms with Gasteiger partial charge in [-0.15, -0.1) is 0 Å². The number of nitrogens with zero attached hydrogens (tertiary/aromatic N) is 1. The number of hydrogen-bond donors (Lipinski definition) is 2. The summed E-state index contributed by atoms with van der Waals surface area (Å²) in [7, 11) is 1.63. The summed E-state index contributed by atoms with van der Waals surface area (Å²) in [5.74, 6) is 1.32. The molecule has 0 aliphatic carbocycles. The van der Waals surface area contributed by atoms with Gasteiger partial charge in [0, 0.05) is 28.7 Å². The summed E-state index contributed by atoms with van der Waals surface area (Å²) in [6.07, 6.45) is 0. The molecule has 0 spiro atoms. The number of aliphatic hydroxyl groups excluding tert-OH is 1. The molecule has 0 aliphatic heterocycles. The molecule has 1 aromatic heterocycles. The zero-order chi connectivity index (χ0) is 17.6. The van der Waals surface area contributed by atoms with Crippen molar-refractivity contribution in [1.29, 1.82) is 0 Å². The molecule has 0 saturated carbocycles. The second kappa shape index (κ2) is 7.85. The molecule has 0 amide bonds. The number of nitrogens with one attached hydrogen (secondary N) is 1. The number of benzene rings is 2. The molecule has 130 valence electrons. The second-order valence-electron chi connectivity index (χ2n) is 5.62. The van der Waals surface area contributed by atoms with Gasteiger partial charge in [-0.1, -0.05) is 18.2 Å². The van der Waals surface area contributed by atoms with Crippen LogP contribution < -0.4 is 14.8 Å². The van der Waals surface area contributed by atoms with E-state index in [9.17, 15) is 5.11 Å².